The summed E-state index contributed by atoms with van der Waals surface area (Å²) in [5.74, 6) is -0.583. The van der Waals surface area contributed by atoms with Gasteiger partial charge in [0, 0.05) is 41.1 Å². The molecule has 3 rings (SSSR count). The van der Waals surface area contributed by atoms with E-state index in [1.807, 2.05) is 0 Å². The second-order valence-corrected chi connectivity index (χ2v) is 6.10. The molecular weight excluding hydrogens is 407 g/mol. The monoisotopic (exact) mass is 421 g/mol. The van der Waals surface area contributed by atoms with Crippen LogP contribution >= 0.6 is 11.6 Å². The van der Waals surface area contributed by atoms with E-state index >= 15 is 0 Å². The summed E-state index contributed by atoms with van der Waals surface area (Å²) in [6.07, 6.45) is -0.170. The number of methoxy groups -OCH3 is 1. The maximum Gasteiger partial charge on any atom is 0.307 e. The van der Waals surface area contributed by atoms with Crippen molar-refractivity contribution in [1.29, 1.82) is 0 Å². The van der Waals surface area contributed by atoms with E-state index in [4.69, 9.17) is 16.3 Å². The number of benzene rings is 2. The molecule has 0 amide bonds. The molecule has 5 nitrogen and oxygen atoms in total. The van der Waals surface area contributed by atoms with Crippen LogP contribution in [0, 0.1) is 6.92 Å². The molecular formula is C19H16ClNO4Zn. The Morgan fingerprint density at radius 3 is 2.38 bits per heavy atom. The van der Waals surface area contributed by atoms with Gasteiger partial charge in [0.05, 0.1) is 19.0 Å². The van der Waals surface area contributed by atoms with Crippen molar-refractivity contribution in [1.82, 2.24) is 4.57 Å². The van der Waals surface area contributed by atoms with Crippen molar-refractivity contribution < 1.29 is 38.9 Å². The number of carbonyl (C=O) groups is 2. The SMILES string of the molecule is COc1ccc2c(c1)c(CC(=O)O)c(C)n2C(=O)c1ccc(Cl)cc1.[Zn]. The Balaban J connectivity index is 0.00000243. The van der Waals surface area contributed by atoms with Gasteiger partial charge in [-0.2, -0.15) is 0 Å². The minimum atomic E-state index is -0.955. The Morgan fingerprint density at radius 2 is 1.81 bits per heavy atom. The van der Waals surface area contributed by atoms with E-state index in [1.54, 1.807) is 56.5 Å². The molecule has 0 spiro atoms. The number of ether oxygens (including phenoxy) is 1. The molecule has 0 aliphatic carbocycles. The van der Waals surface area contributed by atoms with Crippen LogP contribution < -0.4 is 4.74 Å². The molecule has 0 fully saturated rings. The van der Waals surface area contributed by atoms with Crippen LogP contribution in [0.1, 0.15) is 21.6 Å². The third kappa shape index (κ3) is 3.67. The van der Waals surface area contributed by atoms with Gasteiger partial charge in [-0.15, -0.1) is 0 Å². The van der Waals surface area contributed by atoms with Gasteiger partial charge in [-0.05, 0) is 55.0 Å². The number of halogens is 1. The topological polar surface area (TPSA) is 68.5 Å². The van der Waals surface area contributed by atoms with Crippen LogP contribution in [0.2, 0.25) is 5.02 Å². The average Bonchev–Trinajstić information content (AvgIpc) is 2.86. The molecule has 0 bridgehead atoms. The van der Waals surface area contributed by atoms with E-state index in [2.05, 4.69) is 0 Å². The molecule has 1 aromatic heterocycles. The number of carbonyl (C=O) groups excluding carboxylic acids is 1. The zero-order chi connectivity index (χ0) is 18.1. The number of hydrogen-bond donors (Lipinski definition) is 1. The third-order valence-corrected chi connectivity index (χ3v) is 4.42. The summed E-state index contributed by atoms with van der Waals surface area (Å²) in [7, 11) is 1.54. The van der Waals surface area contributed by atoms with Crippen molar-refractivity contribution in [3.8, 4) is 5.75 Å². The summed E-state index contributed by atoms with van der Waals surface area (Å²) in [4.78, 5) is 24.3. The summed E-state index contributed by atoms with van der Waals surface area (Å²) in [5, 5.41) is 10.5. The number of carboxylic acids is 1. The summed E-state index contributed by atoms with van der Waals surface area (Å²) in [6.45, 7) is 1.75. The predicted octanol–water partition coefficient (Wildman–Crippen LogP) is 3.92. The molecule has 1 N–H and O–H groups in total. The van der Waals surface area contributed by atoms with Gasteiger partial charge in [0.2, 0.25) is 0 Å². The zero-order valence-electron chi connectivity index (χ0n) is 14.5. The van der Waals surface area contributed by atoms with Gasteiger partial charge in [-0.3, -0.25) is 14.2 Å². The Labute approximate surface area is 168 Å². The van der Waals surface area contributed by atoms with E-state index in [0.29, 0.717) is 38.5 Å². The molecule has 0 aliphatic heterocycles. The van der Waals surface area contributed by atoms with Crippen molar-refractivity contribution in [3.63, 3.8) is 0 Å². The molecule has 0 atom stereocenters. The first-order valence-corrected chi connectivity index (χ1v) is 8.00. The fraction of sp³-hybridized carbons (Fsp3) is 0.158. The average molecular weight is 423 g/mol. The number of carboxylic acid groups (broad SMARTS) is 1. The van der Waals surface area contributed by atoms with Crippen LogP contribution in [0.25, 0.3) is 10.9 Å². The minimum absolute atomic E-state index is 0. The Morgan fingerprint density at radius 1 is 1.15 bits per heavy atom. The molecule has 0 radical (unpaired) electrons. The molecule has 0 saturated carbocycles. The Kier molecular flexibility index (Phi) is 6.22. The second-order valence-electron chi connectivity index (χ2n) is 5.67. The van der Waals surface area contributed by atoms with E-state index in [1.165, 1.54) is 4.57 Å². The molecule has 130 valence electrons. The normalized spacial score (nSPS) is 10.4. The fourth-order valence-corrected chi connectivity index (χ4v) is 3.07. The molecule has 7 heteroatoms. The Hall–Kier alpha value is -2.17. The van der Waals surface area contributed by atoms with E-state index in [0.717, 1.165) is 0 Å². The van der Waals surface area contributed by atoms with Crippen LogP contribution in [0.3, 0.4) is 0 Å². The molecule has 0 unspecified atom stereocenters. The maximum absolute atomic E-state index is 13.0. The summed E-state index contributed by atoms with van der Waals surface area (Å²) in [5.41, 5.74) is 2.32. The quantitative estimate of drug-likeness (QED) is 0.646. The van der Waals surface area contributed by atoms with E-state index in [-0.39, 0.29) is 31.8 Å². The maximum atomic E-state index is 13.0. The standard InChI is InChI=1S/C19H16ClNO4.Zn/c1-11-15(10-18(22)23)16-9-14(25-2)7-8-17(16)21(11)19(24)12-3-5-13(20)6-4-12;/h3-9H,10H2,1-2H3,(H,22,23);. The number of nitrogens with zero attached hydrogens (tertiary/aromatic N) is 1. The van der Waals surface area contributed by atoms with Gasteiger partial charge in [-0.25, -0.2) is 0 Å². The first-order valence-electron chi connectivity index (χ1n) is 7.62. The summed E-state index contributed by atoms with van der Waals surface area (Å²) < 4.78 is 6.77. The third-order valence-electron chi connectivity index (χ3n) is 4.16. The van der Waals surface area contributed by atoms with E-state index in [9.17, 15) is 14.7 Å². The van der Waals surface area contributed by atoms with Crippen molar-refractivity contribution in [3.05, 3.63) is 64.3 Å². The number of aliphatic carboxylic acids is 1. The molecule has 0 saturated heterocycles. The Bertz CT molecular complexity index is 979. The number of rotatable bonds is 4. The van der Waals surface area contributed by atoms with Crippen molar-refractivity contribution in [2.24, 2.45) is 0 Å². The molecule has 0 aliphatic rings. The van der Waals surface area contributed by atoms with Gasteiger partial charge in [-0.1, -0.05) is 11.6 Å². The van der Waals surface area contributed by atoms with Gasteiger partial charge in [0.25, 0.3) is 5.91 Å². The van der Waals surface area contributed by atoms with E-state index < -0.39 is 5.97 Å². The first-order chi connectivity index (χ1) is 11.9. The number of hydrogen-bond acceptors (Lipinski definition) is 3. The largest absolute Gasteiger partial charge is 0.497 e. The van der Waals surface area contributed by atoms with Crippen LogP contribution in [0.15, 0.2) is 42.5 Å². The van der Waals surface area contributed by atoms with Gasteiger partial charge in [0.1, 0.15) is 5.75 Å². The summed E-state index contributed by atoms with van der Waals surface area (Å²) >= 11 is 5.89. The smallest absolute Gasteiger partial charge is 0.307 e. The van der Waals surface area contributed by atoms with Gasteiger partial charge in [0.15, 0.2) is 0 Å². The van der Waals surface area contributed by atoms with Crippen molar-refractivity contribution in [2.75, 3.05) is 7.11 Å². The van der Waals surface area contributed by atoms with Crippen LogP contribution in [-0.4, -0.2) is 28.7 Å². The van der Waals surface area contributed by atoms with Crippen LogP contribution in [0.5, 0.6) is 5.75 Å². The summed E-state index contributed by atoms with van der Waals surface area (Å²) in [6, 6.07) is 11.9. The van der Waals surface area contributed by atoms with Gasteiger partial charge >= 0.3 is 5.97 Å². The fourth-order valence-electron chi connectivity index (χ4n) is 2.95. The molecule has 26 heavy (non-hydrogen) atoms. The number of fused-ring (bicyclic) bond motifs is 1. The first kappa shape index (κ1) is 20.1. The van der Waals surface area contributed by atoms with Gasteiger partial charge < -0.3 is 9.84 Å². The van der Waals surface area contributed by atoms with Crippen LogP contribution in [0.4, 0.5) is 0 Å². The van der Waals surface area contributed by atoms with Crippen molar-refractivity contribution >= 4 is 34.4 Å². The number of aromatic nitrogens is 1. The van der Waals surface area contributed by atoms with Crippen molar-refractivity contribution in [2.45, 2.75) is 13.3 Å². The molecule has 2 aromatic carbocycles. The molecule has 3 aromatic rings. The minimum Gasteiger partial charge on any atom is -0.497 e. The second kappa shape index (κ2) is 8.02. The molecule has 1 heterocycles. The zero-order valence-corrected chi connectivity index (χ0v) is 18.2. The predicted molar refractivity (Wildman–Crippen MR) is 95.7 cm³/mol. The van der Waals surface area contributed by atoms with Crippen LogP contribution in [-0.2, 0) is 30.7 Å².